The van der Waals surface area contributed by atoms with Gasteiger partial charge >= 0.3 is 12.1 Å². The molecule has 0 aromatic heterocycles. The number of amides is 1. The lowest BCUT2D eigenvalue weighted by atomic mass is 9.98. The number of benzene rings is 4. The highest BCUT2D eigenvalue weighted by molar-refractivity contribution is 7.86. The van der Waals surface area contributed by atoms with E-state index in [0.29, 0.717) is 0 Å². The third-order valence-electron chi connectivity index (χ3n) is 8.32. The lowest BCUT2D eigenvalue weighted by molar-refractivity contribution is -0.318. The molecule has 0 bridgehead atoms. The molecule has 5 atom stereocenters. The number of aryl methyl sites for hydroxylation is 1. The van der Waals surface area contributed by atoms with Crippen molar-refractivity contribution in [3.63, 3.8) is 0 Å². The molecule has 54 heavy (non-hydrogen) atoms. The van der Waals surface area contributed by atoms with E-state index < -0.39 is 59.5 Å². The van der Waals surface area contributed by atoms with Gasteiger partial charge in [0.2, 0.25) is 0 Å². The van der Waals surface area contributed by atoms with Gasteiger partial charge in [-0.2, -0.15) is 8.42 Å². The summed E-state index contributed by atoms with van der Waals surface area (Å²) in [5, 5.41) is 2.55. The second-order valence-corrected chi connectivity index (χ2v) is 14.0. The molecule has 0 aliphatic carbocycles. The topological polar surface area (TPSA) is 145 Å². The van der Waals surface area contributed by atoms with E-state index in [4.69, 9.17) is 32.6 Å². The van der Waals surface area contributed by atoms with Crippen molar-refractivity contribution in [2.75, 3.05) is 19.8 Å². The normalized spacial score (nSPS) is 19.8. The van der Waals surface area contributed by atoms with Gasteiger partial charge in [0.05, 0.1) is 37.7 Å². The second-order valence-electron chi connectivity index (χ2n) is 12.4. The standard InChI is InChI=1S/C41H45NO11S/c1-3-25-47-40-39(49-27-32-15-9-5-10-16-32)38(48-26-31-13-7-4-8-14-31)37(35(52-40)29-51-54(45,46)34-21-19-30(2)20-22-34)53-36(43)23-24-42-41(44)50-28-33-17-11-6-12-18-33/h3-22,35,37-40H,1,23-29H2,2H3,(H,42,44). The molecule has 0 radical (unpaired) electrons. The number of nitrogens with one attached hydrogen (secondary N) is 1. The Kier molecular flexibility index (Phi) is 15.3. The molecule has 13 heteroatoms. The van der Waals surface area contributed by atoms with Crippen LogP contribution in [0.2, 0.25) is 0 Å². The fourth-order valence-electron chi connectivity index (χ4n) is 5.53. The molecule has 5 rings (SSSR count). The number of hydrogen-bond acceptors (Lipinski definition) is 11. The van der Waals surface area contributed by atoms with E-state index in [1.807, 2.05) is 97.9 Å². The summed E-state index contributed by atoms with van der Waals surface area (Å²) in [5.41, 5.74) is 3.36. The summed E-state index contributed by atoms with van der Waals surface area (Å²) in [7, 11) is -4.26. The molecule has 0 spiro atoms. The van der Waals surface area contributed by atoms with Crippen LogP contribution < -0.4 is 5.32 Å². The van der Waals surface area contributed by atoms with Crippen molar-refractivity contribution in [2.24, 2.45) is 0 Å². The Morgan fingerprint density at radius 3 is 1.87 bits per heavy atom. The van der Waals surface area contributed by atoms with Gasteiger partial charge in [0.25, 0.3) is 10.1 Å². The van der Waals surface area contributed by atoms with Crippen LogP contribution in [0, 0.1) is 6.92 Å². The molecule has 1 N–H and O–H groups in total. The SMILES string of the molecule is C=CCOC1OC(COS(=O)(=O)c2ccc(C)cc2)C(OC(=O)CCNC(=O)OCc2ccccc2)C(OCc2ccccc2)C1OCc1ccccc1. The third-order valence-corrected chi connectivity index (χ3v) is 9.61. The summed E-state index contributed by atoms with van der Waals surface area (Å²) in [4.78, 5) is 25.8. The highest BCUT2D eigenvalue weighted by Gasteiger charge is 2.50. The number of hydrogen-bond donors (Lipinski definition) is 1. The van der Waals surface area contributed by atoms with Gasteiger partial charge in [-0.1, -0.05) is 115 Å². The van der Waals surface area contributed by atoms with Crippen molar-refractivity contribution in [3.05, 3.63) is 150 Å². The predicted molar refractivity (Wildman–Crippen MR) is 198 cm³/mol. The van der Waals surface area contributed by atoms with Crippen LogP contribution in [0.25, 0.3) is 0 Å². The molecular weight excluding hydrogens is 715 g/mol. The minimum Gasteiger partial charge on any atom is -0.457 e. The largest absolute Gasteiger partial charge is 0.457 e. The molecule has 1 fully saturated rings. The first-order valence-corrected chi connectivity index (χ1v) is 18.9. The average Bonchev–Trinajstić information content (AvgIpc) is 3.19. The zero-order valence-corrected chi connectivity index (χ0v) is 30.8. The molecule has 1 aliphatic rings. The zero-order valence-electron chi connectivity index (χ0n) is 30.0. The molecule has 12 nitrogen and oxygen atoms in total. The van der Waals surface area contributed by atoms with E-state index in [2.05, 4.69) is 11.9 Å². The van der Waals surface area contributed by atoms with E-state index >= 15 is 0 Å². The predicted octanol–water partition coefficient (Wildman–Crippen LogP) is 6.03. The van der Waals surface area contributed by atoms with Crippen LogP contribution in [-0.2, 0) is 67.3 Å². The second kappa shape index (κ2) is 20.5. The smallest absolute Gasteiger partial charge is 0.407 e. The molecule has 0 saturated carbocycles. The minimum absolute atomic E-state index is 0.0527. The highest BCUT2D eigenvalue weighted by Crippen LogP contribution is 2.32. The average molecular weight is 760 g/mol. The lowest BCUT2D eigenvalue weighted by Gasteiger charge is -2.45. The number of carbonyl (C=O) groups is 2. The maximum Gasteiger partial charge on any atom is 0.407 e. The van der Waals surface area contributed by atoms with Gasteiger partial charge in [-0.05, 0) is 35.7 Å². The molecular formula is C41H45NO11S. The van der Waals surface area contributed by atoms with E-state index in [1.54, 1.807) is 12.1 Å². The van der Waals surface area contributed by atoms with Gasteiger partial charge in [-0.3, -0.25) is 8.98 Å². The Labute approximate surface area is 316 Å². The fraction of sp³-hybridized carbons (Fsp3) is 0.317. The Bertz CT molecular complexity index is 1860. The third kappa shape index (κ3) is 12.3. The van der Waals surface area contributed by atoms with E-state index in [1.165, 1.54) is 18.2 Å². The van der Waals surface area contributed by atoms with Crippen LogP contribution in [0.5, 0.6) is 0 Å². The van der Waals surface area contributed by atoms with E-state index in [-0.39, 0.29) is 44.3 Å². The highest BCUT2D eigenvalue weighted by atomic mass is 32.2. The number of carbonyl (C=O) groups excluding carboxylic acids is 2. The van der Waals surface area contributed by atoms with Gasteiger partial charge in [0.1, 0.15) is 24.9 Å². The van der Waals surface area contributed by atoms with Crippen LogP contribution in [-0.4, -0.2) is 70.9 Å². The molecule has 4 aromatic carbocycles. The van der Waals surface area contributed by atoms with Gasteiger partial charge in [-0.25, -0.2) is 4.79 Å². The Hall–Kier alpha value is -4.89. The van der Waals surface area contributed by atoms with Crippen molar-refractivity contribution >= 4 is 22.2 Å². The number of alkyl carbamates (subject to hydrolysis) is 1. The van der Waals surface area contributed by atoms with Gasteiger partial charge in [0, 0.05) is 6.54 Å². The Morgan fingerprint density at radius 2 is 1.30 bits per heavy atom. The first kappa shape index (κ1) is 40.3. The molecule has 5 unspecified atom stereocenters. The maximum atomic E-state index is 13.5. The summed E-state index contributed by atoms with van der Waals surface area (Å²) in [5.74, 6) is -0.723. The van der Waals surface area contributed by atoms with Crippen molar-refractivity contribution in [3.8, 4) is 0 Å². The van der Waals surface area contributed by atoms with Crippen molar-refractivity contribution in [2.45, 2.75) is 68.8 Å². The fourth-order valence-corrected chi connectivity index (χ4v) is 6.45. The van der Waals surface area contributed by atoms with Crippen molar-refractivity contribution in [1.29, 1.82) is 0 Å². The van der Waals surface area contributed by atoms with Crippen LogP contribution in [0.4, 0.5) is 4.79 Å². The van der Waals surface area contributed by atoms with Crippen LogP contribution >= 0.6 is 0 Å². The number of esters is 1. The molecule has 286 valence electrons. The molecule has 1 aliphatic heterocycles. The zero-order chi connectivity index (χ0) is 38.2. The summed E-state index contributed by atoms with van der Waals surface area (Å²) in [6, 6.07) is 34.2. The van der Waals surface area contributed by atoms with Crippen LogP contribution in [0.1, 0.15) is 28.7 Å². The summed E-state index contributed by atoms with van der Waals surface area (Å²) >= 11 is 0. The van der Waals surface area contributed by atoms with Gasteiger partial charge in [0.15, 0.2) is 12.4 Å². The van der Waals surface area contributed by atoms with Gasteiger partial charge in [-0.15, -0.1) is 6.58 Å². The molecule has 1 amide bonds. The molecule has 4 aromatic rings. The Morgan fingerprint density at radius 1 is 0.741 bits per heavy atom. The van der Waals surface area contributed by atoms with Crippen LogP contribution in [0.15, 0.2) is 133 Å². The van der Waals surface area contributed by atoms with Crippen molar-refractivity contribution in [1.82, 2.24) is 5.32 Å². The Balaban J connectivity index is 1.37. The van der Waals surface area contributed by atoms with Crippen LogP contribution in [0.3, 0.4) is 0 Å². The number of ether oxygens (including phenoxy) is 6. The summed E-state index contributed by atoms with van der Waals surface area (Å²) < 4.78 is 68.6. The van der Waals surface area contributed by atoms with E-state index in [9.17, 15) is 18.0 Å². The monoisotopic (exact) mass is 759 g/mol. The summed E-state index contributed by atoms with van der Waals surface area (Å²) in [6.45, 7) is 5.27. The quantitative estimate of drug-likeness (QED) is 0.0680. The van der Waals surface area contributed by atoms with E-state index in [0.717, 1.165) is 22.3 Å². The lowest BCUT2D eigenvalue weighted by Crippen LogP contribution is -2.62. The number of rotatable bonds is 19. The molecule has 1 saturated heterocycles. The minimum atomic E-state index is -4.26. The first-order chi connectivity index (χ1) is 26.2. The van der Waals surface area contributed by atoms with Gasteiger partial charge < -0.3 is 33.7 Å². The summed E-state index contributed by atoms with van der Waals surface area (Å²) in [6.07, 6.45) is -4.99. The first-order valence-electron chi connectivity index (χ1n) is 17.5. The molecule has 1 heterocycles. The van der Waals surface area contributed by atoms with Crippen molar-refractivity contribution < 1.29 is 50.6 Å². The maximum absolute atomic E-state index is 13.5.